The van der Waals surface area contributed by atoms with E-state index in [1.807, 2.05) is 36.4 Å². The predicted octanol–water partition coefficient (Wildman–Crippen LogP) is 1.59. The molecule has 4 rings (SSSR count). The highest BCUT2D eigenvalue weighted by atomic mass is 32.3. The molecular weight excluding hydrogens is 424 g/mol. The molecule has 0 spiro atoms. The molecule has 4 amide bonds. The Labute approximate surface area is 181 Å². The highest BCUT2D eigenvalue weighted by Crippen LogP contribution is 2.18. The van der Waals surface area contributed by atoms with Gasteiger partial charge in [-0.05, 0) is 35.1 Å². The lowest BCUT2D eigenvalue weighted by Crippen LogP contribution is -2.39. The van der Waals surface area contributed by atoms with Gasteiger partial charge in [-0.2, -0.15) is 8.42 Å². The molecule has 0 unspecified atom stereocenters. The number of carbonyl (C=O) groups excluding carboxylic acids is 2. The van der Waals surface area contributed by atoms with E-state index in [0.29, 0.717) is 13.1 Å². The number of hydrogen-bond acceptors (Lipinski definition) is 4. The number of benzene rings is 2. The maximum Gasteiger partial charge on any atom is 0.394 e. The minimum atomic E-state index is -4.67. The van der Waals surface area contributed by atoms with Crippen LogP contribution in [0.3, 0.4) is 0 Å². The molecule has 0 atom stereocenters. The Balaban J connectivity index is 0.000000182. The summed E-state index contributed by atoms with van der Waals surface area (Å²) in [5.74, 6) is 0. The zero-order chi connectivity index (χ0) is 23.0. The second-order valence-corrected chi connectivity index (χ2v) is 7.90. The van der Waals surface area contributed by atoms with Crippen molar-refractivity contribution >= 4 is 22.5 Å². The van der Waals surface area contributed by atoms with Gasteiger partial charge < -0.3 is 21.3 Å². The molecule has 168 valence electrons. The van der Waals surface area contributed by atoms with Gasteiger partial charge in [-0.3, -0.25) is 9.11 Å². The van der Waals surface area contributed by atoms with Crippen LogP contribution in [0.1, 0.15) is 22.3 Å². The van der Waals surface area contributed by atoms with Gasteiger partial charge in [0.1, 0.15) is 0 Å². The Morgan fingerprint density at radius 3 is 1.29 bits per heavy atom. The van der Waals surface area contributed by atoms with E-state index >= 15 is 0 Å². The number of nitrogens with two attached hydrogens (primary N) is 2. The summed E-state index contributed by atoms with van der Waals surface area (Å²) in [7, 11) is -4.67. The van der Waals surface area contributed by atoms with Crippen LogP contribution in [0, 0.1) is 0 Å². The zero-order valence-corrected chi connectivity index (χ0v) is 17.7. The third kappa shape index (κ3) is 8.24. The van der Waals surface area contributed by atoms with E-state index in [4.69, 9.17) is 29.0 Å². The number of amides is 4. The van der Waals surface area contributed by atoms with Crippen molar-refractivity contribution in [1.29, 1.82) is 0 Å². The fourth-order valence-electron chi connectivity index (χ4n) is 3.37. The molecule has 2 aromatic carbocycles. The first-order valence-electron chi connectivity index (χ1n) is 9.47. The van der Waals surface area contributed by atoms with E-state index in [1.165, 1.54) is 22.3 Å². The molecule has 2 aliphatic heterocycles. The number of fused-ring (bicyclic) bond motifs is 2. The number of carbonyl (C=O) groups is 2. The van der Waals surface area contributed by atoms with Crippen molar-refractivity contribution < 1.29 is 27.1 Å². The Kier molecular flexibility index (Phi) is 8.37. The van der Waals surface area contributed by atoms with Crippen molar-refractivity contribution in [2.24, 2.45) is 11.5 Å². The van der Waals surface area contributed by atoms with Gasteiger partial charge in [0.05, 0.1) is 0 Å². The van der Waals surface area contributed by atoms with Crippen LogP contribution in [0.25, 0.3) is 0 Å². The Morgan fingerprint density at radius 1 is 0.710 bits per heavy atom. The van der Waals surface area contributed by atoms with Gasteiger partial charge >= 0.3 is 22.5 Å². The molecule has 11 heteroatoms. The zero-order valence-electron chi connectivity index (χ0n) is 16.8. The fraction of sp³-hybridized carbons (Fsp3) is 0.300. The molecule has 0 radical (unpaired) electrons. The number of primary amides is 2. The van der Waals surface area contributed by atoms with Gasteiger partial charge in [-0.1, -0.05) is 48.5 Å². The molecule has 0 aromatic heterocycles. The standard InChI is InChI=1S/2C10H12N2O.H2O4S/c2*11-10(13)12-6-5-8-3-1-2-4-9(8)7-12;1-5(2,3)4/h2*1-4H,5-7H2,(H2,11,13);(H2,1,2,3,4). The van der Waals surface area contributed by atoms with Crippen LogP contribution in [0.2, 0.25) is 0 Å². The first-order chi connectivity index (χ1) is 14.5. The number of urea groups is 2. The van der Waals surface area contributed by atoms with E-state index in [2.05, 4.69) is 12.1 Å². The molecule has 0 bridgehead atoms. The smallest absolute Gasteiger partial charge is 0.351 e. The van der Waals surface area contributed by atoms with E-state index in [0.717, 1.165) is 25.9 Å². The van der Waals surface area contributed by atoms with Crippen molar-refractivity contribution in [3.05, 3.63) is 70.8 Å². The number of nitrogens with zero attached hydrogens (tertiary/aromatic N) is 2. The summed E-state index contributed by atoms with van der Waals surface area (Å²) in [5, 5.41) is 0. The largest absolute Gasteiger partial charge is 0.394 e. The lowest BCUT2D eigenvalue weighted by Gasteiger charge is -2.26. The Morgan fingerprint density at radius 2 is 1.00 bits per heavy atom. The van der Waals surface area contributed by atoms with E-state index < -0.39 is 10.4 Å². The lowest BCUT2D eigenvalue weighted by atomic mass is 10.0. The summed E-state index contributed by atoms with van der Waals surface area (Å²) >= 11 is 0. The summed E-state index contributed by atoms with van der Waals surface area (Å²) in [6.07, 6.45) is 1.83. The quantitative estimate of drug-likeness (QED) is 0.445. The van der Waals surface area contributed by atoms with Crippen molar-refractivity contribution in [1.82, 2.24) is 9.80 Å². The van der Waals surface area contributed by atoms with Gasteiger partial charge in [0.15, 0.2) is 0 Å². The summed E-state index contributed by atoms with van der Waals surface area (Å²) in [6, 6.07) is 15.7. The second-order valence-electron chi connectivity index (χ2n) is 7.00. The minimum absolute atomic E-state index is 0.325. The molecule has 2 heterocycles. The number of hydrogen-bond donors (Lipinski definition) is 4. The van der Waals surface area contributed by atoms with Crippen LogP contribution in [-0.2, 0) is 36.3 Å². The van der Waals surface area contributed by atoms with Crippen molar-refractivity contribution in [3.63, 3.8) is 0 Å². The fourth-order valence-corrected chi connectivity index (χ4v) is 3.37. The SMILES string of the molecule is NC(=O)N1CCc2ccccc2C1.NC(=O)N1CCc2ccccc2C1.O=S(=O)(O)O. The minimum Gasteiger partial charge on any atom is -0.351 e. The third-order valence-electron chi connectivity index (χ3n) is 4.88. The molecule has 2 aromatic rings. The van der Waals surface area contributed by atoms with Gasteiger partial charge in [0, 0.05) is 26.2 Å². The monoisotopic (exact) mass is 450 g/mol. The van der Waals surface area contributed by atoms with Crippen molar-refractivity contribution in [3.8, 4) is 0 Å². The maximum absolute atomic E-state index is 10.9. The van der Waals surface area contributed by atoms with Crippen LogP contribution in [-0.4, -0.2) is 52.5 Å². The lowest BCUT2D eigenvalue weighted by molar-refractivity contribution is 0.201. The number of rotatable bonds is 0. The van der Waals surface area contributed by atoms with E-state index in [-0.39, 0.29) is 12.1 Å². The molecule has 31 heavy (non-hydrogen) atoms. The van der Waals surface area contributed by atoms with Gasteiger partial charge in [0.25, 0.3) is 0 Å². The summed E-state index contributed by atoms with van der Waals surface area (Å²) in [5.41, 5.74) is 15.5. The third-order valence-corrected chi connectivity index (χ3v) is 4.88. The molecule has 2 aliphatic rings. The molecule has 10 nitrogen and oxygen atoms in total. The van der Waals surface area contributed by atoms with Crippen molar-refractivity contribution in [2.75, 3.05) is 13.1 Å². The highest BCUT2D eigenvalue weighted by Gasteiger charge is 2.18. The van der Waals surface area contributed by atoms with Gasteiger partial charge in [-0.15, -0.1) is 0 Å². The van der Waals surface area contributed by atoms with Crippen molar-refractivity contribution in [2.45, 2.75) is 25.9 Å². The first kappa shape index (κ1) is 24.1. The Bertz CT molecular complexity index is 952. The maximum atomic E-state index is 10.9. The first-order valence-corrected chi connectivity index (χ1v) is 10.9. The van der Waals surface area contributed by atoms with Crippen LogP contribution in [0.5, 0.6) is 0 Å². The molecule has 0 saturated heterocycles. The normalized spacial score (nSPS) is 14.6. The van der Waals surface area contributed by atoms with E-state index in [9.17, 15) is 9.59 Å². The summed E-state index contributed by atoms with van der Waals surface area (Å²) in [6.45, 7) is 2.80. The molecule has 0 aliphatic carbocycles. The molecule has 6 N–H and O–H groups in total. The van der Waals surface area contributed by atoms with Gasteiger partial charge in [-0.25, -0.2) is 9.59 Å². The molecule has 0 saturated carbocycles. The van der Waals surface area contributed by atoms with Crippen LogP contribution < -0.4 is 11.5 Å². The average molecular weight is 451 g/mol. The Hall–Kier alpha value is -3.15. The second kappa shape index (κ2) is 10.8. The molecule has 0 fully saturated rings. The summed E-state index contributed by atoms with van der Waals surface area (Å²) < 4.78 is 31.6. The highest BCUT2D eigenvalue weighted by molar-refractivity contribution is 7.79. The summed E-state index contributed by atoms with van der Waals surface area (Å²) in [4.78, 5) is 25.2. The molecular formula is C20H26N4O6S. The topological polar surface area (TPSA) is 167 Å². The van der Waals surface area contributed by atoms with Crippen LogP contribution >= 0.6 is 0 Å². The van der Waals surface area contributed by atoms with Gasteiger partial charge in [0.2, 0.25) is 0 Å². The van der Waals surface area contributed by atoms with Crippen LogP contribution in [0.4, 0.5) is 9.59 Å². The predicted molar refractivity (Wildman–Crippen MR) is 114 cm³/mol. The van der Waals surface area contributed by atoms with E-state index in [1.54, 1.807) is 9.80 Å². The van der Waals surface area contributed by atoms with Crippen LogP contribution in [0.15, 0.2) is 48.5 Å². The average Bonchev–Trinajstić information content (AvgIpc) is 2.72.